The van der Waals surface area contributed by atoms with Crippen LogP contribution in [0.4, 0.5) is 11.4 Å². The zero-order valence-corrected chi connectivity index (χ0v) is 33.6. The highest BCUT2D eigenvalue weighted by Crippen LogP contribution is 2.21. The Morgan fingerprint density at radius 2 is 1.06 bits per heavy atom. The molecule has 1 N–H and O–H groups in total. The molecule has 6 nitrogen and oxygen atoms in total. The maximum atomic E-state index is 2.47. The molecule has 0 saturated heterocycles. The van der Waals surface area contributed by atoms with Gasteiger partial charge in [0.15, 0.2) is 12.4 Å². The van der Waals surface area contributed by atoms with Crippen molar-refractivity contribution in [2.24, 2.45) is 0 Å². The monoisotopic (exact) mass is 726 g/mol. The van der Waals surface area contributed by atoms with Crippen molar-refractivity contribution in [2.45, 2.75) is 33.2 Å². The van der Waals surface area contributed by atoms with Crippen LogP contribution in [0.5, 0.6) is 0 Å². The standard InChI is InChI=1S/C43H61N6S2/c1-7-48-30-23-40(24-31-48)12-11-38-15-19-42(20-16-38)46(5)28-9-26-44(3)33-35-50-51-36-34-45(4)27-10-29-47(6)43-21-17-39(18-22-43)13-14-41-25-32-49(8-2)37-41/h11-25,30-32,37H,7-10,26-29,33-36H2,1-6H3/q+1/p+1/b14-13+. The number of aryl methyl sites for hydroxylation is 1. The summed E-state index contributed by atoms with van der Waals surface area (Å²) in [5.41, 5.74) is 7.53. The molecule has 3 aromatic rings. The van der Waals surface area contributed by atoms with E-state index in [1.807, 2.05) is 21.6 Å². The molecule has 8 heteroatoms. The molecule has 0 radical (unpaired) electrons. The first-order chi connectivity index (χ1) is 24.8. The summed E-state index contributed by atoms with van der Waals surface area (Å²) in [5, 5.41) is 0. The van der Waals surface area contributed by atoms with Gasteiger partial charge in [-0.15, -0.1) is 0 Å². The maximum Gasteiger partial charge on any atom is 0.169 e. The van der Waals surface area contributed by atoms with E-state index in [1.165, 1.54) is 56.5 Å². The van der Waals surface area contributed by atoms with E-state index in [0.29, 0.717) is 0 Å². The number of hydrogen-bond donors (Lipinski definition) is 1. The minimum absolute atomic E-state index is 0.999. The lowest BCUT2D eigenvalue weighted by molar-refractivity contribution is -0.785. The van der Waals surface area contributed by atoms with Crippen molar-refractivity contribution in [3.8, 4) is 0 Å². The van der Waals surface area contributed by atoms with E-state index in [9.17, 15) is 0 Å². The van der Waals surface area contributed by atoms with E-state index >= 15 is 0 Å². The van der Waals surface area contributed by atoms with Gasteiger partial charge in [-0.25, -0.2) is 4.57 Å². The number of hydrogen-bond acceptors (Lipinski definition) is 6. The first-order valence-corrected chi connectivity index (χ1v) is 21.2. The second kappa shape index (κ2) is 22.6. The number of quaternary nitrogens is 1. The molecule has 1 aromatic heterocycles. The van der Waals surface area contributed by atoms with Crippen LogP contribution in [0.25, 0.3) is 18.2 Å². The average Bonchev–Trinajstić information content (AvgIpc) is 3.63. The Balaban J connectivity index is 0.993. The molecule has 0 fully saturated rings. The highest BCUT2D eigenvalue weighted by molar-refractivity contribution is 8.76. The number of nitrogens with zero attached hydrogens (tertiary/aromatic N) is 5. The number of rotatable bonds is 23. The normalized spacial score (nSPS) is 14.4. The highest BCUT2D eigenvalue weighted by atomic mass is 33.1. The lowest BCUT2D eigenvalue weighted by atomic mass is 10.1. The van der Waals surface area contributed by atoms with Crippen molar-refractivity contribution in [1.29, 1.82) is 0 Å². The van der Waals surface area contributed by atoms with E-state index in [2.05, 4.69) is 182 Å². The predicted octanol–water partition coefficient (Wildman–Crippen LogP) is 7.09. The van der Waals surface area contributed by atoms with Gasteiger partial charge in [0, 0.05) is 86.9 Å². The van der Waals surface area contributed by atoms with E-state index in [-0.39, 0.29) is 0 Å². The third kappa shape index (κ3) is 15.1. The van der Waals surface area contributed by atoms with Gasteiger partial charge in [0.2, 0.25) is 0 Å². The van der Waals surface area contributed by atoms with Gasteiger partial charge in [0.25, 0.3) is 0 Å². The summed E-state index contributed by atoms with van der Waals surface area (Å²) in [6, 6.07) is 22.1. The lowest BCUT2D eigenvalue weighted by Gasteiger charge is -2.22. The number of benzene rings is 2. The number of nitrogens with one attached hydrogen (secondary N) is 1. The molecule has 274 valence electrons. The average molecular weight is 727 g/mol. The van der Waals surface area contributed by atoms with E-state index < -0.39 is 0 Å². The molecule has 4 rings (SSSR count). The number of allylic oxidation sites excluding steroid dienone is 3. The van der Waals surface area contributed by atoms with Gasteiger partial charge in [-0.3, -0.25) is 4.90 Å². The fraction of sp³-hybridized carbons (Fsp3) is 0.419. The molecule has 0 aliphatic carbocycles. The van der Waals surface area contributed by atoms with Crippen LogP contribution in [0.2, 0.25) is 0 Å². The van der Waals surface area contributed by atoms with Crippen molar-refractivity contribution >= 4 is 51.2 Å². The molecule has 0 spiro atoms. The second-order valence-corrected chi connectivity index (χ2v) is 16.2. The van der Waals surface area contributed by atoms with E-state index in [0.717, 1.165) is 58.8 Å². The van der Waals surface area contributed by atoms with Gasteiger partial charge in [-0.2, -0.15) is 0 Å². The largest absolute Gasteiger partial charge is 0.375 e. The summed E-state index contributed by atoms with van der Waals surface area (Å²) >= 11 is 0. The summed E-state index contributed by atoms with van der Waals surface area (Å²) in [6.07, 6.45) is 22.0. The van der Waals surface area contributed by atoms with Crippen LogP contribution in [0.3, 0.4) is 0 Å². The van der Waals surface area contributed by atoms with Crippen molar-refractivity contribution in [3.05, 3.63) is 120 Å². The quantitative estimate of drug-likeness (QED) is 0.0636. The van der Waals surface area contributed by atoms with E-state index in [4.69, 9.17) is 0 Å². The van der Waals surface area contributed by atoms with Gasteiger partial charge >= 0.3 is 0 Å². The summed E-state index contributed by atoms with van der Waals surface area (Å²) < 4.78 is 2.18. The molecular weight excluding hydrogens is 665 g/mol. The first-order valence-electron chi connectivity index (χ1n) is 18.7. The number of pyridine rings is 1. The molecular formula is C43H62N6S2+2. The zero-order valence-electron chi connectivity index (χ0n) is 32.0. The lowest BCUT2D eigenvalue weighted by Crippen LogP contribution is -3.01. The summed E-state index contributed by atoms with van der Waals surface area (Å²) in [5.74, 6) is 2.34. The van der Waals surface area contributed by atoms with Gasteiger partial charge in [0.05, 0.1) is 12.7 Å². The number of anilines is 2. The van der Waals surface area contributed by atoms with Gasteiger partial charge < -0.3 is 19.6 Å². The SMILES string of the molecule is CC[n+]1ccc(/C=C/c2ccc(N(C)CCCN(C)CCSSCCN(C)CCCN(C)c3ccc(/C=C/C4=C[NH+](CC)C=C4)cc3)cc2)cc1. The van der Waals surface area contributed by atoms with Crippen LogP contribution in [0.1, 0.15) is 43.4 Å². The Labute approximate surface area is 317 Å². The molecule has 2 heterocycles. The Morgan fingerprint density at radius 1 is 0.588 bits per heavy atom. The first kappa shape index (κ1) is 40.5. The van der Waals surface area contributed by atoms with Crippen LogP contribution in [0, 0.1) is 0 Å². The van der Waals surface area contributed by atoms with Gasteiger partial charge in [-0.05, 0) is 101 Å². The third-order valence-electron chi connectivity index (χ3n) is 9.40. The minimum atomic E-state index is 0.999. The molecule has 1 unspecified atom stereocenters. The van der Waals surface area contributed by atoms with Crippen LogP contribution in [0.15, 0.2) is 103 Å². The fourth-order valence-electron chi connectivity index (χ4n) is 5.83. The van der Waals surface area contributed by atoms with Crippen LogP contribution >= 0.6 is 21.6 Å². The van der Waals surface area contributed by atoms with Crippen molar-refractivity contribution in [3.63, 3.8) is 0 Å². The van der Waals surface area contributed by atoms with Crippen LogP contribution in [-0.4, -0.2) is 95.3 Å². The molecule has 1 aliphatic heterocycles. The van der Waals surface area contributed by atoms with Crippen LogP contribution in [-0.2, 0) is 6.54 Å². The minimum Gasteiger partial charge on any atom is -0.375 e. The van der Waals surface area contributed by atoms with Crippen molar-refractivity contribution < 1.29 is 9.47 Å². The van der Waals surface area contributed by atoms with Gasteiger partial charge in [-0.1, -0.05) is 64.1 Å². The number of aromatic nitrogens is 1. The van der Waals surface area contributed by atoms with E-state index in [1.54, 1.807) is 0 Å². The van der Waals surface area contributed by atoms with Crippen LogP contribution < -0.4 is 19.3 Å². The smallest absolute Gasteiger partial charge is 0.169 e. The Hall–Kier alpha value is -3.27. The molecule has 0 bridgehead atoms. The Kier molecular flexibility index (Phi) is 18.0. The fourth-order valence-corrected chi connectivity index (χ4v) is 8.00. The zero-order chi connectivity index (χ0) is 36.3. The summed E-state index contributed by atoms with van der Waals surface area (Å²) in [6.45, 7) is 13.1. The van der Waals surface area contributed by atoms with Gasteiger partial charge in [0.1, 0.15) is 12.7 Å². The molecule has 2 aromatic carbocycles. The second-order valence-electron chi connectivity index (χ2n) is 13.5. The van der Waals surface area contributed by atoms with Crippen molar-refractivity contribution in [1.82, 2.24) is 9.80 Å². The Bertz CT molecular complexity index is 1530. The molecule has 1 aliphatic rings. The van der Waals surface area contributed by atoms with Crippen molar-refractivity contribution in [2.75, 3.05) is 95.3 Å². The maximum absolute atomic E-state index is 2.47. The molecule has 0 amide bonds. The summed E-state index contributed by atoms with van der Waals surface area (Å²) in [7, 11) is 12.9. The Morgan fingerprint density at radius 3 is 1.51 bits per heavy atom. The molecule has 51 heavy (non-hydrogen) atoms. The topological polar surface area (TPSA) is 21.3 Å². The predicted molar refractivity (Wildman–Crippen MR) is 228 cm³/mol. The molecule has 1 atom stereocenters. The third-order valence-corrected chi connectivity index (χ3v) is 11.8. The highest BCUT2D eigenvalue weighted by Gasteiger charge is 2.07. The summed E-state index contributed by atoms with van der Waals surface area (Å²) in [4.78, 5) is 11.1. The molecule has 0 saturated carbocycles.